The van der Waals surface area contributed by atoms with Gasteiger partial charge in [-0.05, 0) is 106 Å². The number of likely N-dealkylation sites (tertiary alicyclic amines) is 1. The molecular formula is C47H55ClF6N4O4. The largest absolute Gasteiger partial charge is 0.485 e. The Morgan fingerprint density at radius 2 is 1.03 bits per heavy atom. The Kier molecular flexibility index (Phi) is 14.2. The molecule has 0 radical (unpaired) electrons. The Morgan fingerprint density at radius 1 is 0.613 bits per heavy atom. The number of alkyl halides is 6. The van der Waals surface area contributed by atoms with Crippen molar-refractivity contribution in [1.29, 1.82) is 0 Å². The van der Waals surface area contributed by atoms with E-state index in [9.17, 15) is 31.1 Å². The average Bonchev–Trinajstić information content (AvgIpc) is 3.45. The molecule has 2 saturated heterocycles. The van der Waals surface area contributed by atoms with E-state index in [4.69, 9.17) is 14.2 Å². The van der Waals surface area contributed by atoms with Crippen LogP contribution in [0.25, 0.3) is 0 Å². The van der Waals surface area contributed by atoms with Gasteiger partial charge in [0.2, 0.25) is 0 Å². The van der Waals surface area contributed by atoms with E-state index in [0.29, 0.717) is 63.1 Å². The number of carbonyl (C=O) groups is 1. The number of benzene rings is 4. The molecule has 0 aliphatic carbocycles. The Balaban J connectivity index is 0.000000209. The topological polar surface area (TPSA) is 66.5 Å². The molecule has 4 heterocycles. The van der Waals surface area contributed by atoms with Gasteiger partial charge in [0.15, 0.2) is 0 Å². The molecule has 1 amide bonds. The highest BCUT2D eigenvalue weighted by molar-refractivity contribution is 5.85. The number of halogens is 7. The molecule has 4 aliphatic rings. The summed E-state index contributed by atoms with van der Waals surface area (Å²) in [5.74, 6) is 1.54. The molecule has 0 unspecified atom stereocenters. The number of hydrogen-bond donors (Lipinski definition) is 1. The zero-order valence-corrected chi connectivity index (χ0v) is 36.1. The first-order valence-corrected chi connectivity index (χ1v) is 21.0. The summed E-state index contributed by atoms with van der Waals surface area (Å²) in [6.07, 6.45) is -4.22. The molecule has 15 heteroatoms. The van der Waals surface area contributed by atoms with E-state index in [2.05, 4.69) is 15.1 Å². The maximum absolute atomic E-state index is 13.2. The van der Waals surface area contributed by atoms with Crippen LogP contribution in [0.15, 0.2) is 97.1 Å². The summed E-state index contributed by atoms with van der Waals surface area (Å²) in [6, 6.07) is 26.6. The zero-order valence-electron chi connectivity index (χ0n) is 35.3. The molecule has 4 aliphatic heterocycles. The quantitative estimate of drug-likeness (QED) is 0.205. The summed E-state index contributed by atoms with van der Waals surface area (Å²) in [7, 11) is 0. The highest BCUT2D eigenvalue weighted by Gasteiger charge is 2.42. The second-order valence-corrected chi connectivity index (χ2v) is 17.5. The third-order valence-corrected chi connectivity index (χ3v) is 11.8. The van der Waals surface area contributed by atoms with Gasteiger partial charge in [-0.1, -0.05) is 48.5 Å². The minimum Gasteiger partial charge on any atom is -0.485 e. The van der Waals surface area contributed by atoms with Gasteiger partial charge in [0, 0.05) is 65.0 Å². The second kappa shape index (κ2) is 18.9. The molecule has 0 aromatic heterocycles. The maximum Gasteiger partial charge on any atom is 0.416 e. The van der Waals surface area contributed by atoms with E-state index in [0.717, 1.165) is 73.9 Å². The van der Waals surface area contributed by atoms with Crippen molar-refractivity contribution in [1.82, 2.24) is 10.2 Å². The number of piperidine rings is 2. The molecule has 0 atom stereocenters. The van der Waals surface area contributed by atoms with Crippen LogP contribution in [-0.4, -0.2) is 67.1 Å². The normalized spacial score (nSPS) is 18.4. The smallest absolute Gasteiger partial charge is 0.416 e. The molecular weight excluding hydrogens is 834 g/mol. The lowest BCUT2D eigenvalue weighted by Crippen LogP contribution is -2.51. The van der Waals surface area contributed by atoms with E-state index in [1.54, 1.807) is 17.0 Å². The Bertz CT molecular complexity index is 2130. The number of nitrogens with one attached hydrogen (secondary N) is 1. The number of fused-ring (bicyclic) bond motifs is 2. The third kappa shape index (κ3) is 11.6. The fourth-order valence-electron chi connectivity index (χ4n) is 8.57. The third-order valence-electron chi connectivity index (χ3n) is 11.8. The number of amides is 1. The lowest BCUT2D eigenvalue weighted by Gasteiger charge is -2.41. The SMILES string of the molecule is CC(C)(C)OC(=O)N1CCC2(CC1)CCN(Cc1cccc(C(F)(F)F)c1)c1ccccc1O2.Cl.FC(F)(F)c1cccc(CN2CCC3(CCNCC3)Oc3ccccc32)c1. The molecule has 8 nitrogen and oxygen atoms in total. The van der Waals surface area contributed by atoms with Crippen molar-refractivity contribution < 1.29 is 45.3 Å². The molecule has 62 heavy (non-hydrogen) atoms. The van der Waals surface area contributed by atoms with E-state index < -0.39 is 34.7 Å². The monoisotopic (exact) mass is 888 g/mol. The molecule has 0 saturated carbocycles. The van der Waals surface area contributed by atoms with Crippen LogP contribution in [-0.2, 0) is 30.2 Å². The van der Waals surface area contributed by atoms with Gasteiger partial charge in [-0.2, -0.15) is 26.3 Å². The molecule has 4 aromatic rings. The van der Waals surface area contributed by atoms with Crippen LogP contribution in [0.5, 0.6) is 11.5 Å². The minimum atomic E-state index is -4.37. The number of hydrogen-bond acceptors (Lipinski definition) is 7. The minimum absolute atomic E-state index is 0. The van der Waals surface area contributed by atoms with Gasteiger partial charge in [0.1, 0.15) is 28.3 Å². The van der Waals surface area contributed by atoms with Gasteiger partial charge in [0.25, 0.3) is 0 Å². The van der Waals surface area contributed by atoms with Gasteiger partial charge >= 0.3 is 18.4 Å². The number of rotatable bonds is 4. The van der Waals surface area contributed by atoms with Crippen LogP contribution in [0, 0.1) is 0 Å². The highest BCUT2D eigenvalue weighted by Crippen LogP contribution is 2.43. The fourth-order valence-corrected chi connectivity index (χ4v) is 8.57. The lowest BCUT2D eigenvalue weighted by molar-refractivity contribution is -0.138. The molecule has 1 N–H and O–H groups in total. The van der Waals surface area contributed by atoms with E-state index >= 15 is 0 Å². The van der Waals surface area contributed by atoms with Gasteiger partial charge in [0.05, 0.1) is 22.5 Å². The first-order chi connectivity index (χ1) is 28.9. The molecule has 8 rings (SSSR count). The molecule has 2 fully saturated rings. The van der Waals surface area contributed by atoms with Gasteiger partial charge in [-0.25, -0.2) is 4.79 Å². The zero-order chi connectivity index (χ0) is 43.5. The second-order valence-electron chi connectivity index (χ2n) is 17.5. The molecule has 2 spiro atoms. The van der Waals surface area contributed by atoms with Gasteiger partial charge in [-0.3, -0.25) is 0 Å². The van der Waals surface area contributed by atoms with Crippen LogP contribution in [0.1, 0.15) is 81.5 Å². The fraction of sp³-hybridized carbons (Fsp3) is 0.468. The first kappa shape index (κ1) is 46.7. The predicted molar refractivity (Wildman–Crippen MR) is 230 cm³/mol. The number of carbonyl (C=O) groups excluding carboxylic acids is 1. The van der Waals surface area contributed by atoms with Crippen LogP contribution in [0.3, 0.4) is 0 Å². The van der Waals surface area contributed by atoms with Crippen LogP contribution < -0.4 is 24.6 Å². The van der Waals surface area contributed by atoms with Gasteiger partial charge < -0.3 is 34.2 Å². The van der Waals surface area contributed by atoms with Crippen molar-refractivity contribution in [2.45, 2.75) is 102 Å². The summed E-state index contributed by atoms with van der Waals surface area (Å²) in [5.41, 5.74) is 0.650. The lowest BCUT2D eigenvalue weighted by atomic mass is 9.88. The number of nitrogens with zero attached hydrogens (tertiary/aromatic N) is 3. The summed E-state index contributed by atoms with van der Waals surface area (Å²) < 4.78 is 97.3. The number of para-hydroxylation sites is 4. The average molecular weight is 889 g/mol. The Labute approximate surface area is 365 Å². The van der Waals surface area contributed by atoms with Crippen molar-refractivity contribution in [3.63, 3.8) is 0 Å². The summed E-state index contributed by atoms with van der Waals surface area (Å²) >= 11 is 0. The number of ether oxygens (including phenoxy) is 3. The summed E-state index contributed by atoms with van der Waals surface area (Å²) in [4.78, 5) is 18.4. The van der Waals surface area contributed by atoms with E-state index in [1.807, 2.05) is 69.3 Å². The predicted octanol–water partition coefficient (Wildman–Crippen LogP) is 11.3. The standard InChI is InChI=1S/C26H31F3N2O3.C21H23F3N2O.ClH/c1-24(2,3)34-23(32)30-14-11-25(12-15-30)13-16-31(21-9-4-5-10-22(21)33-25)18-19-7-6-8-20(17-19)26(27,28)29;22-21(23,24)17-5-3-4-16(14-17)15-26-13-10-20(8-11-25-12-9-20)27-19-7-2-1-6-18(19)26;/h4-10,17H,11-16,18H2,1-3H3;1-7,14,25H,8-13,15H2;1H. The first-order valence-electron chi connectivity index (χ1n) is 21.0. The van der Waals surface area contributed by atoms with Crippen LogP contribution >= 0.6 is 12.4 Å². The molecule has 0 bridgehead atoms. The van der Waals surface area contributed by atoms with Crippen molar-refractivity contribution >= 4 is 29.9 Å². The van der Waals surface area contributed by atoms with Crippen molar-refractivity contribution in [3.8, 4) is 11.5 Å². The summed E-state index contributed by atoms with van der Waals surface area (Å²) in [6.45, 7) is 10.6. The maximum atomic E-state index is 13.2. The Morgan fingerprint density at radius 3 is 1.47 bits per heavy atom. The van der Waals surface area contributed by atoms with Crippen LogP contribution in [0.2, 0.25) is 0 Å². The van der Waals surface area contributed by atoms with Crippen molar-refractivity contribution in [3.05, 3.63) is 119 Å². The molecule has 4 aromatic carbocycles. The van der Waals surface area contributed by atoms with Crippen LogP contribution in [0.4, 0.5) is 42.5 Å². The van der Waals surface area contributed by atoms with E-state index in [-0.39, 0.29) is 24.1 Å². The highest BCUT2D eigenvalue weighted by atomic mass is 35.5. The Hall–Kier alpha value is -4.82. The molecule has 336 valence electrons. The van der Waals surface area contributed by atoms with Crippen molar-refractivity contribution in [2.75, 3.05) is 49.1 Å². The number of anilines is 2. The summed E-state index contributed by atoms with van der Waals surface area (Å²) in [5, 5.41) is 3.37. The van der Waals surface area contributed by atoms with E-state index in [1.165, 1.54) is 24.3 Å². The van der Waals surface area contributed by atoms with Gasteiger partial charge in [-0.15, -0.1) is 12.4 Å². The van der Waals surface area contributed by atoms with Crippen molar-refractivity contribution in [2.24, 2.45) is 0 Å².